The topological polar surface area (TPSA) is 60.5 Å². The molecule has 2 aromatic rings. The highest BCUT2D eigenvalue weighted by atomic mass is 19.4. The minimum absolute atomic E-state index is 0.241. The third kappa shape index (κ3) is 5.31. The summed E-state index contributed by atoms with van der Waals surface area (Å²) in [5.41, 5.74) is 0. The minimum atomic E-state index is -4.75. The van der Waals surface area contributed by atoms with Crippen molar-refractivity contribution >= 4 is 11.7 Å². The van der Waals surface area contributed by atoms with Crippen molar-refractivity contribution in [2.45, 2.75) is 6.36 Å². The molecule has 116 valence electrons. The molecule has 0 fully saturated rings. The lowest BCUT2D eigenvalue weighted by atomic mass is 10.3. The van der Waals surface area contributed by atoms with Crippen molar-refractivity contribution in [1.82, 2.24) is 4.98 Å². The van der Waals surface area contributed by atoms with E-state index >= 15 is 0 Å². The number of halogens is 3. The number of amides is 1. The Morgan fingerprint density at radius 3 is 2.36 bits per heavy atom. The number of nitrogens with one attached hydrogen (secondary N) is 1. The van der Waals surface area contributed by atoms with Crippen LogP contribution < -0.4 is 14.8 Å². The number of carbonyl (C=O) groups is 1. The summed E-state index contributed by atoms with van der Waals surface area (Å²) in [6.45, 7) is -0.296. The average molecular weight is 312 g/mol. The molecule has 0 aliphatic rings. The van der Waals surface area contributed by atoms with Crippen molar-refractivity contribution in [1.29, 1.82) is 0 Å². The molecule has 2 rings (SSSR count). The third-order valence-corrected chi connectivity index (χ3v) is 2.36. The van der Waals surface area contributed by atoms with Crippen LogP contribution in [0, 0.1) is 0 Å². The lowest BCUT2D eigenvalue weighted by Gasteiger charge is -2.10. The maximum Gasteiger partial charge on any atom is 0.573 e. The molecule has 1 N–H and O–H groups in total. The van der Waals surface area contributed by atoms with Crippen LogP contribution in [0.5, 0.6) is 11.5 Å². The Hall–Kier alpha value is -2.77. The molecule has 0 unspecified atom stereocenters. The number of carbonyl (C=O) groups excluding carboxylic acids is 1. The Labute approximate surface area is 123 Å². The SMILES string of the molecule is O=C(COc1ccc(OC(F)(F)F)cc1)Nc1ccccn1. The van der Waals surface area contributed by atoms with Crippen LogP contribution in [0.1, 0.15) is 0 Å². The first-order valence-electron chi connectivity index (χ1n) is 6.12. The second kappa shape index (κ2) is 6.79. The van der Waals surface area contributed by atoms with E-state index in [1.165, 1.54) is 18.3 Å². The first-order valence-corrected chi connectivity index (χ1v) is 6.12. The molecule has 0 spiro atoms. The van der Waals surface area contributed by atoms with E-state index < -0.39 is 12.3 Å². The van der Waals surface area contributed by atoms with Gasteiger partial charge in [0, 0.05) is 6.20 Å². The van der Waals surface area contributed by atoms with E-state index in [9.17, 15) is 18.0 Å². The van der Waals surface area contributed by atoms with Gasteiger partial charge in [-0.25, -0.2) is 4.98 Å². The number of ether oxygens (including phenoxy) is 2. The summed E-state index contributed by atoms with van der Waals surface area (Å²) in [6, 6.07) is 9.77. The molecule has 0 radical (unpaired) electrons. The van der Waals surface area contributed by atoms with Crippen LogP contribution in [-0.4, -0.2) is 23.9 Å². The second-order valence-electron chi connectivity index (χ2n) is 4.07. The van der Waals surface area contributed by atoms with E-state index in [0.717, 1.165) is 12.1 Å². The number of benzene rings is 1. The smallest absolute Gasteiger partial charge is 0.484 e. The summed E-state index contributed by atoms with van der Waals surface area (Å²) in [4.78, 5) is 15.5. The number of aromatic nitrogens is 1. The van der Waals surface area contributed by atoms with Crippen molar-refractivity contribution in [3.05, 3.63) is 48.7 Å². The van der Waals surface area contributed by atoms with E-state index in [2.05, 4.69) is 15.0 Å². The largest absolute Gasteiger partial charge is 0.573 e. The number of pyridine rings is 1. The standard InChI is InChI=1S/C14H11F3N2O3/c15-14(16,17)22-11-6-4-10(5-7-11)21-9-13(20)19-12-3-1-2-8-18-12/h1-8H,9H2,(H,18,19,20). The van der Waals surface area contributed by atoms with Crippen LogP contribution in [0.4, 0.5) is 19.0 Å². The monoisotopic (exact) mass is 312 g/mol. The van der Waals surface area contributed by atoms with Crippen molar-refractivity contribution in [3.8, 4) is 11.5 Å². The zero-order chi connectivity index (χ0) is 16.0. The Morgan fingerprint density at radius 2 is 1.77 bits per heavy atom. The Balaban J connectivity index is 1.83. The van der Waals surface area contributed by atoms with Gasteiger partial charge in [0.1, 0.15) is 17.3 Å². The minimum Gasteiger partial charge on any atom is -0.484 e. The molecule has 1 aromatic heterocycles. The maximum atomic E-state index is 12.0. The second-order valence-corrected chi connectivity index (χ2v) is 4.07. The van der Waals surface area contributed by atoms with Gasteiger partial charge in [0.2, 0.25) is 0 Å². The molecule has 1 heterocycles. The Kier molecular flexibility index (Phi) is 4.82. The molecular weight excluding hydrogens is 301 g/mol. The summed E-state index contributed by atoms with van der Waals surface area (Å²) in [7, 11) is 0. The number of alkyl halides is 3. The molecule has 0 aliphatic heterocycles. The fraction of sp³-hybridized carbons (Fsp3) is 0.143. The first-order chi connectivity index (χ1) is 10.4. The summed E-state index contributed by atoms with van der Waals surface area (Å²) in [5, 5.41) is 2.51. The van der Waals surface area contributed by atoms with E-state index in [4.69, 9.17) is 4.74 Å². The van der Waals surface area contributed by atoms with Gasteiger partial charge in [0.25, 0.3) is 5.91 Å². The van der Waals surface area contributed by atoms with Crippen molar-refractivity contribution in [3.63, 3.8) is 0 Å². The average Bonchev–Trinajstić information content (AvgIpc) is 2.46. The molecular formula is C14H11F3N2O3. The molecule has 22 heavy (non-hydrogen) atoms. The van der Waals surface area contributed by atoms with E-state index in [1.54, 1.807) is 18.2 Å². The predicted octanol–water partition coefficient (Wildman–Crippen LogP) is 3.00. The third-order valence-electron chi connectivity index (χ3n) is 2.36. The zero-order valence-corrected chi connectivity index (χ0v) is 11.1. The van der Waals surface area contributed by atoms with Gasteiger partial charge in [-0.2, -0.15) is 0 Å². The molecule has 0 bridgehead atoms. The molecule has 1 aromatic carbocycles. The molecule has 1 amide bonds. The highest BCUT2D eigenvalue weighted by Gasteiger charge is 2.30. The van der Waals surface area contributed by atoms with Crippen LogP contribution >= 0.6 is 0 Å². The Morgan fingerprint density at radius 1 is 1.09 bits per heavy atom. The number of anilines is 1. The van der Waals surface area contributed by atoms with Crippen LogP contribution in [-0.2, 0) is 4.79 Å². The van der Waals surface area contributed by atoms with Gasteiger partial charge in [0.15, 0.2) is 6.61 Å². The molecule has 0 aliphatic carbocycles. The Bertz CT molecular complexity index is 615. The molecule has 0 saturated heterocycles. The van der Waals surface area contributed by atoms with Crippen molar-refractivity contribution in [2.75, 3.05) is 11.9 Å². The number of rotatable bonds is 5. The molecule has 0 atom stereocenters. The van der Waals surface area contributed by atoms with Gasteiger partial charge in [-0.05, 0) is 36.4 Å². The highest BCUT2D eigenvalue weighted by molar-refractivity contribution is 5.90. The van der Waals surface area contributed by atoms with Gasteiger partial charge >= 0.3 is 6.36 Å². The quantitative estimate of drug-likeness (QED) is 0.922. The fourth-order valence-corrected chi connectivity index (χ4v) is 1.50. The summed E-state index contributed by atoms with van der Waals surface area (Å²) in [6.07, 6.45) is -3.22. The first kappa shape index (κ1) is 15.6. The molecule has 0 saturated carbocycles. The van der Waals surface area contributed by atoms with Gasteiger partial charge < -0.3 is 14.8 Å². The predicted molar refractivity (Wildman–Crippen MR) is 71.5 cm³/mol. The van der Waals surface area contributed by atoms with E-state index in [-0.39, 0.29) is 18.1 Å². The summed E-state index contributed by atoms with van der Waals surface area (Å²) >= 11 is 0. The lowest BCUT2D eigenvalue weighted by Crippen LogP contribution is -2.20. The summed E-state index contributed by atoms with van der Waals surface area (Å²) in [5.74, 6) is -0.178. The number of nitrogens with zero attached hydrogens (tertiary/aromatic N) is 1. The van der Waals surface area contributed by atoms with Crippen LogP contribution in [0.15, 0.2) is 48.7 Å². The van der Waals surface area contributed by atoms with Crippen LogP contribution in [0.3, 0.4) is 0 Å². The van der Waals surface area contributed by atoms with E-state index in [0.29, 0.717) is 5.82 Å². The van der Waals surface area contributed by atoms with Gasteiger partial charge in [0.05, 0.1) is 0 Å². The van der Waals surface area contributed by atoms with Gasteiger partial charge in [-0.3, -0.25) is 4.79 Å². The normalized spacial score (nSPS) is 10.9. The van der Waals surface area contributed by atoms with Crippen LogP contribution in [0.2, 0.25) is 0 Å². The van der Waals surface area contributed by atoms with Gasteiger partial charge in [-0.15, -0.1) is 13.2 Å². The number of hydrogen-bond acceptors (Lipinski definition) is 4. The van der Waals surface area contributed by atoms with E-state index in [1.807, 2.05) is 0 Å². The van der Waals surface area contributed by atoms with Crippen molar-refractivity contribution < 1.29 is 27.4 Å². The maximum absolute atomic E-state index is 12.0. The molecule has 5 nitrogen and oxygen atoms in total. The summed E-state index contributed by atoms with van der Waals surface area (Å²) < 4.78 is 44.8. The lowest BCUT2D eigenvalue weighted by molar-refractivity contribution is -0.274. The van der Waals surface area contributed by atoms with Crippen LogP contribution in [0.25, 0.3) is 0 Å². The van der Waals surface area contributed by atoms with Gasteiger partial charge in [-0.1, -0.05) is 6.07 Å². The van der Waals surface area contributed by atoms with Crippen molar-refractivity contribution in [2.24, 2.45) is 0 Å². The number of hydrogen-bond donors (Lipinski definition) is 1. The fourth-order valence-electron chi connectivity index (χ4n) is 1.50. The molecule has 8 heteroatoms. The highest BCUT2D eigenvalue weighted by Crippen LogP contribution is 2.24. The zero-order valence-electron chi connectivity index (χ0n) is 11.1.